The Kier molecular flexibility index (Phi) is 8.19. The molecule has 1 amide bonds. The van der Waals surface area contributed by atoms with Crippen molar-refractivity contribution in [1.82, 2.24) is 10.3 Å². The molecule has 1 aliphatic heterocycles. The molecule has 7 heteroatoms. The molecule has 0 aromatic carbocycles. The van der Waals surface area contributed by atoms with Gasteiger partial charge in [-0.2, -0.15) is 0 Å². The summed E-state index contributed by atoms with van der Waals surface area (Å²) in [7, 11) is 0. The summed E-state index contributed by atoms with van der Waals surface area (Å²) in [6.07, 6.45) is 3.22. The molecule has 1 atom stereocenters. The van der Waals surface area contributed by atoms with Crippen molar-refractivity contribution >= 4 is 56.3 Å². The maximum absolute atomic E-state index is 11.8. The molecule has 1 saturated heterocycles. The number of nitrogens with one attached hydrogen (secondary N) is 2. The van der Waals surface area contributed by atoms with Crippen molar-refractivity contribution in [2.45, 2.75) is 32.2 Å². The van der Waals surface area contributed by atoms with Crippen LogP contribution in [0.3, 0.4) is 0 Å². The van der Waals surface area contributed by atoms with Gasteiger partial charge in [0, 0.05) is 5.38 Å². The molecule has 4 nitrogen and oxygen atoms in total. The van der Waals surface area contributed by atoms with Crippen LogP contribution in [0.25, 0.3) is 0 Å². The molecule has 1 aliphatic rings. The lowest BCUT2D eigenvalue weighted by Crippen LogP contribution is -2.43. The topological polar surface area (TPSA) is 54.0 Å². The number of carbonyl (C=O) groups is 1. The van der Waals surface area contributed by atoms with Crippen LogP contribution in [0.4, 0.5) is 5.13 Å². The summed E-state index contributed by atoms with van der Waals surface area (Å²) in [5.74, 6) is 0.0454. The van der Waals surface area contributed by atoms with E-state index in [1.54, 1.807) is 0 Å². The van der Waals surface area contributed by atoms with Crippen molar-refractivity contribution in [3.63, 3.8) is 0 Å². The van der Waals surface area contributed by atoms with Gasteiger partial charge in [0.2, 0.25) is 5.91 Å². The second-order valence-corrected chi connectivity index (χ2v) is 4.64. The standard InChI is InChI=1S/C10H15N3OS.2BrH/c1-7-6-15-10(12-7)13-9(14)8-4-2-3-5-11-8;;/h6,8,11H,2-5H2,1H3,(H,12,13,14);2*1H. The Morgan fingerprint density at radius 3 is 2.82 bits per heavy atom. The van der Waals surface area contributed by atoms with Crippen LogP contribution in [0, 0.1) is 6.92 Å². The Bertz CT molecular complexity index is 353. The zero-order valence-electron chi connectivity index (χ0n) is 9.56. The number of nitrogens with zero attached hydrogens (tertiary/aromatic N) is 1. The van der Waals surface area contributed by atoms with Crippen molar-refractivity contribution in [2.24, 2.45) is 0 Å². The number of aromatic nitrogens is 1. The number of rotatable bonds is 2. The molecule has 2 N–H and O–H groups in total. The molecule has 0 bridgehead atoms. The first-order valence-corrected chi connectivity index (χ1v) is 6.10. The second kappa shape index (κ2) is 8.18. The van der Waals surface area contributed by atoms with Crippen molar-refractivity contribution in [3.05, 3.63) is 11.1 Å². The van der Waals surface area contributed by atoms with Crippen molar-refractivity contribution in [2.75, 3.05) is 11.9 Å². The Hall–Kier alpha value is 0.0200. The van der Waals surface area contributed by atoms with Crippen LogP contribution in [-0.4, -0.2) is 23.5 Å². The first-order valence-electron chi connectivity index (χ1n) is 5.22. The summed E-state index contributed by atoms with van der Waals surface area (Å²) in [6, 6.07) is -0.0389. The van der Waals surface area contributed by atoms with Crippen LogP contribution in [0.1, 0.15) is 25.0 Å². The fourth-order valence-corrected chi connectivity index (χ4v) is 2.37. The number of piperidine rings is 1. The van der Waals surface area contributed by atoms with Gasteiger partial charge < -0.3 is 10.6 Å². The fourth-order valence-electron chi connectivity index (χ4n) is 1.68. The van der Waals surface area contributed by atoms with E-state index in [-0.39, 0.29) is 45.9 Å². The van der Waals surface area contributed by atoms with E-state index in [4.69, 9.17) is 0 Å². The summed E-state index contributed by atoms with van der Waals surface area (Å²) in [5, 5.41) is 8.68. The van der Waals surface area contributed by atoms with Gasteiger partial charge in [-0.15, -0.1) is 45.3 Å². The molecular weight excluding hydrogens is 370 g/mol. The van der Waals surface area contributed by atoms with Gasteiger partial charge in [-0.05, 0) is 26.3 Å². The maximum Gasteiger partial charge on any atom is 0.243 e. The number of aryl methyl sites for hydroxylation is 1. The maximum atomic E-state index is 11.8. The van der Waals surface area contributed by atoms with E-state index in [9.17, 15) is 4.79 Å². The second-order valence-electron chi connectivity index (χ2n) is 3.79. The molecule has 17 heavy (non-hydrogen) atoms. The third-order valence-electron chi connectivity index (χ3n) is 2.48. The summed E-state index contributed by atoms with van der Waals surface area (Å²) in [5.41, 5.74) is 0.951. The molecule has 98 valence electrons. The lowest BCUT2D eigenvalue weighted by Gasteiger charge is -2.21. The highest BCUT2D eigenvalue weighted by atomic mass is 79.9. The Morgan fingerprint density at radius 2 is 2.29 bits per heavy atom. The highest BCUT2D eigenvalue weighted by Gasteiger charge is 2.20. The largest absolute Gasteiger partial charge is 0.306 e. The van der Waals surface area contributed by atoms with Crippen LogP contribution >= 0.6 is 45.3 Å². The Labute approximate surface area is 126 Å². The minimum absolute atomic E-state index is 0. The van der Waals surface area contributed by atoms with Gasteiger partial charge in [0.05, 0.1) is 11.7 Å². The van der Waals surface area contributed by atoms with Crippen LogP contribution in [0.15, 0.2) is 5.38 Å². The van der Waals surface area contributed by atoms with Gasteiger partial charge in [-0.25, -0.2) is 4.98 Å². The van der Waals surface area contributed by atoms with Gasteiger partial charge >= 0.3 is 0 Å². The predicted molar refractivity (Wildman–Crippen MR) is 81.8 cm³/mol. The molecular formula is C10H17Br2N3OS. The normalized spacial score (nSPS) is 18.8. The van der Waals surface area contributed by atoms with E-state index in [1.165, 1.54) is 17.8 Å². The van der Waals surface area contributed by atoms with Crippen LogP contribution in [-0.2, 0) is 4.79 Å². The fraction of sp³-hybridized carbons (Fsp3) is 0.600. The molecule has 2 heterocycles. The van der Waals surface area contributed by atoms with Crippen molar-refractivity contribution < 1.29 is 4.79 Å². The predicted octanol–water partition coefficient (Wildman–Crippen LogP) is 2.69. The van der Waals surface area contributed by atoms with E-state index in [0.717, 1.165) is 25.1 Å². The van der Waals surface area contributed by atoms with E-state index in [0.29, 0.717) is 5.13 Å². The quantitative estimate of drug-likeness (QED) is 0.821. The lowest BCUT2D eigenvalue weighted by molar-refractivity contribution is -0.118. The molecule has 0 saturated carbocycles. The average molecular weight is 387 g/mol. The molecule has 1 fully saturated rings. The number of carbonyl (C=O) groups excluding carboxylic acids is 1. The van der Waals surface area contributed by atoms with Gasteiger partial charge in [0.15, 0.2) is 5.13 Å². The van der Waals surface area contributed by atoms with E-state index >= 15 is 0 Å². The highest BCUT2D eigenvalue weighted by molar-refractivity contribution is 8.93. The van der Waals surface area contributed by atoms with Crippen molar-refractivity contribution in [1.29, 1.82) is 0 Å². The monoisotopic (exact) mass is 385 g/mol. The molecule has 0 spiro atoms. The minimum Gasteiger partial charge on any atom is -0.306 e. The number of hydrogen-bond donors (Lipinski definition) is 2. The minimum atomic E-state index is -0.0389. The summed E-state index contributed by atoms with van der Waals surface area (Å²) < 4.78 is 0. The smallest absolute Gasteiger partial charge is 0.243 e. The van der Waals surface area contributed by atoms with Gasteiger partial charge in [-0.3, -0.25) is 4.79 Å². The molecule has 1 aromatic heterocycles. The first kappa shape index (κ1) is 17.0. The molecule has 1 unspecified atom stereocenters. The zero-order chi connectivity index (χ0) is 10.7. The zero-order valence-corrected chi connectivity index (χ0v) is 13.8. The van der Waals surface area contributed by atoms with Gasteiger partial charge in [0.1, 0.15) is 0 Å². The SMILES string of the molecule is Br.Br.Cc1csc(NC(=O)C2CCCCN2)n1. The molecule has 2 rings (SSSR count). The number of halogens is 2. The summed E-state index contributed by atoms with van der Waals surface area (Å²) in [4.78, 5) is 16.0. The van der Waals surface area contributed by atoms with E-state index < -0.39 is 0 Å². The first-order chi connectivity index (χ1) is 7.25. The van der Waals surface area contributed by atoms with Gasteiger partial charge in [-0.1, -0.05) is 6.42 Å². The molecule has 1 aromatic rings. The third-order valence-corrected chi connectivity index (χ3v) is 3.35. The van der Waals surface area contributed by atoms with Gasteiger partial charge in [0.25, 0.3) is 0 Å². The Morgan fingerprint density at radius 1 is 1.53 bits per heavy atom. The molecule has 0 aliphatic carbocycles. The number of hydrogen-bond acceptors (Lipinski definition) is 4. The highest BCUT2D eigenvalue weighted by Crippen LogP contribution is 2.16. The number of thiazole rings is 1. The Balaban J connectivity index is 0.00000128. The van der Waals surface area contributed by atoms with E-state index in [1.807, 2.05) is 12.3 Å². The number of amides is 1. The lowest BCUT2D eigenvalue weighted by atomic mass is 10.0. The summed E-state index contributed by atoms with van der Waals surface area (Å²) >= 11 is 1.47. The van der Waals surface area contributed by atoms with Crippen LogP contribution < -0.4 is 10.6 Å². The molecule has 0 radical (unpaired) electrons. The van der Waals surface area contributed by atoms with Crippen LogP contribution in [0.2, 0.25) is 0 Å². The van der Waals surface area contributed by atoms with Crippen LogP contribution in [0.5, 0.6) is 0 Å². The summed E-state index contributed by atoms with van der Waals surface area (Å²) in [6.45, 7) is 2.86. The van der Waals surface area contributed by atoms with Crippen molar-refractivity contribution in [3.8, 4) is 0 Å². The third kappa shape index (κ3) is 5.03. The number of anilines is 1. The van der Waals surface area contributed by atoms with E-state index in [2.05, 4.69) is 15.6 Å². The average Bonchev–Trinajstić information content (AvgIpc) is 2.65.